The third-order valence-electron chi connectivity index (χ3n) is 3.51. The maximum atomic E-state index is 4.58. The van der Waals surface area contributed by atoms with Crippen LogP contribution in [0.3, 0.4) is 0 Å². The average molecular weight is 233 g/mol. The molecule has 2 heterocycles. The van der Waals surface area contributed by atoms with Crippen molar-refractivity contribution in [3.63, 3.8) is 0 Å². The Morgan fingerprint density at radius 1 is 1.35 bits per heavy atom. The highest BCUT2D eigenvalue weighted by Gasteiger charge is 2.17. The monoisotopic (exact) mass is 233 g/mol. The number of nitrogens with one attached hydrogen (secondary N) is 2. The Labute approximate surface area is 102 Å². The average Bonchev–Trinajstić information content (AvgIpc) is 3.01. The molecule has 0 atom stereocenters. The zero-order valence-electron chi connectivity index (χ0n) is 10.0. The van der Waals surface area contributed by atoms with Gasteiger partial charge in [-0.1, -0.05) is 12.8 Å². The van der Waals surface area contributed by atoms with Gasteiger partial charge in [-0.15, -0.1) is 0 Å². The van der Waals surface area contributed by atoms with Crippen LogP contribution >= 0.6 is 0 Å². The van der Waals surface area contributed by atoms with Crippen molar-refractivity contribution in [3.8, 4) is 0 Å². The molecule has 2 aliphatic rings. The van der Waals surface area contributed by atoms with Gasteiger partial charge in [0.25, 0.3) is 0 Å². The van der Waals surface area contributed by atoms with E-state index in [2.05, 4.69) is 25.5 Å². The largest absolute Gasteiger partial charge is 0.351 e. The van der Waals surface area contributed by atoms with Crippen molar-refractivity contribution in [1.29, 1.82) is 0 Å². The molecule has 0 aromatic carbocycles. The van der Waals surface area contributed by atoms with Crippen LogP contribution in [0.15, 0.2) is 12.3 Å². The van der Waals surface area contributed by atoms with Crippen molar-refractivity contribution in [2.45, 2.75) is 31.7 Å². The van der Waals surface area contributed by atoms with Crippen LogP contribution in [0, 0.1) is 0 Å². The maximum absolute atomic E-state index is 4.58. The van der Waals surface area contributed by atoms with E-state index in [0.29, 0.717) is 6.04 Å². The van der Waals surface area contributed by atoms with E-state index in [-0.39, 0.29) is 0 Å². The molecular formula is C12H19N5. The predicted octanol–water partition coefficient (Wildman–Crippen LogP) is 1.20. The minimum Gasteiger partial charge on any atom is -0.351 e. The lowest BCUT2D eigenvalue weighted by atomic mass is 10.2. The van der Waals surface area contributed by atoms with Crippen LogP contribution in [0.1, 0.15) is 25.7 Å². The lowest BCUT2D eigenvalue weighted by Crippen LogP contribution is -2.23. The number of nitrogens with zero attached hydrogens (tertiary/aromatic N) is 3. The van der Waals surface area contributed by atoms with Gasteiger partial charge in [0.15, 0.2) is 0 Å². The summed E-state index contributed by atoms with van der Waals surface area (Å²) in [5, 5.41) is 6.74. The first kappa shape index (κ1) is 10.8. The number of rotatable bonds is 3. The Bertz CT molecular complexity index is 369. The van der Waals surface area contributed by atoms with Gasteiger partial charge >= 0.3 is 0 Å². The standard InChI is InChI=1S/C12H19N5/c1-2-4-10(3-1)15-12-14-6-5-11(16-12)17-8-7-13-9-17/h5-6,10,13H,1-4,7-9H2,(H,14,15,16). The summed E-state index contributed by atoms with van der Waals surface area (Å²) < 4.78 is 0. The molecule has 1 saturated carbocycles. The summed E-state index contributed by atoms with van der Waals surface area (Å²) in [6.07, 6.45) is 7.00. The van der Waals surface area contributed by atoms with Crippen LogP contribution in [0.2, 0.25) is 0 Å². The van der Waals surface area contributed by atoms with Crippen LogP contribution in [-0.2, 0) is 0 Å². The SMILES string of the molecule is c1cc(N2CCNC2)nc(NC2CCCC2)n1. The van der Waals surface area contributed by atoms with Crippen molar-refractivity contribution in [2.24, 2.45) is 0 Å². The quantitative estimate of drug-likeness (QED) is 0.821. The fourth-order valence-corrected chi connectivity index (χ4v) is 2.55. The Morgan fingerprint density at radius 2 is 2.24 bits per heavy atom. The zero-order chi connectivity index (χ0) is 11.5. The summed E-state index contributed by atoms with van der Waals surface area (Å²) in [5.41, 5.74) is 0. The molecule has 5 heteroatoms. The Balaban J connectivity index is 1.69. The third kappa shape index (κ3) is 2.49. The summed E-state index contributed by atoms with van der Waals surface area (Å²) in [7, 11) is 0. The summed E-state index contributed by atoms with van der Waals surface area (Å²) >= 11 is 0. The minimum atomic E-state index is 0.571. The van der Waals surface area contributed by atoms with Gasteiger partial charge in [-0.3, -0.25) is 5.32 Å². The molecule has 0 unspecified atom stereocenters. The van der Waals surface area contributed by atoms with E-state index in [1.807, 2.05) is 12.3 Å². The minimum absolute atomic E-state index is 0.571. The molecule has 0 radical (unpaired) electrons. The molecule has 1 aromatic rings. The first-order chi connectivity index (χ1) is 8.42. The topological polar surface area (TPSA) is 53.1 Å². The molecule has 17 heavy (non-hydrogen) atoms. The molecule has 1 aliphatic heterocycles. The molecule has 0 bridgehead atoms. The van der Waals surface area contributed by atoms with E-state index in [1.165, 1.54) is 25.7 Å². The lowest BCUT2D eigenvalue weighted by Gasteiger charge is -2.17. The second-order valence-corrected chi connectivity index (χ2v) is 4.79. The van der Waals surface area contributed by atoms with Crippen LogP contribution in [0.5, 0.6) is 0 Å². The fourth-order valence-electron chi connectivity index (χ4n) is 2.55. The Hall–Kier alpha value is -1.36. The van der Waals surface area contributed by atoms with Crippen molar-refractivity contribution >= 4 is 11.8 Å². The van der Waals surface area contributed by atoms with E-state index in [0.717, 1.165) is 31.5 Å². The molecule has 1 aliphatic carbocycles. The summed E-state index contributed by atoms with van der Waals surface area (Å²) in [5.74, 6) is 1.80. The highest BCUT2D eigenvalue weighted by Crippen LogP contribution is 2.21. The van der Waals surface area contributed by atoms with E-state index in [1.54, 1.807) is 0 Å². The van der Waals surface area contributed by atoms with Crippen molar-refractivity contribution in [3.05, 3.63) is 12.3 Å². The number of hydrogen-bond acceptors (Lipinski definition) is 5. The number of anilines is 2. The van der Waals surface area contributed by atoms with E-state index >= 15 is 0 Å². The van der Waals surface area contributed by atoms with E-state index in [9.17, 15) is 0 Å². The smallest absolute Gasteiger partial charge is 0.224 e. The van der Waals surface area contributed by atoms with Gasteiger partial charge < -0.3 is 10.2 Å². The highest BCUT2D eigenvalue weighted by molar-refractivity contribution is 5.43. The Kier molecular flexibility index (Phi) is 3.09. The molecule has 2 N–H and O–H groups in total. The molecule has 1 saturated heterocycles. The van der Waals surface area contributed by atoms with Crippen LogP contribution in [0.4, 0.5) is 11.8 Å². The molecule has 3 rings (SSSR count). The summed E-state index contributed by atoms with van der Waals surface area (Å²) in [6.45, 7) is 2.95. The van der Waals surface area contributed by atoms with Crippen molar-refractivity contribution in [2.75, 3.05) is 30.0 Å². The van der Waals surface area contributed by atoms with E-state index in [4.69, 9.17) is 0 Å². The van der Waals surface area contributed by atoms with Gasteiger partial charge in [0.05, 0.1) is 6.67 Å². The van der Waals surface area contributed by atoms with Gasteiger partial charge in [-0.05, 0) is 18.9 Å². The lowest BCUT2D eigenvalue weighted by molar-refractivity contribution is 0.742. The molecular weight excluding hydrogens is 214 g/mol. The highest BCUT2D eigenvalue weighted by atomic mass is 15.3. The second-order valence-electron chi connectivity index (χ2n) is 4.79. The number of hydrogen-bond donors (Lipinski definition) is 2. The second kappa shape index (κ2) is 4.87. The molecule has 2 fully saturated rings. The Morgan fingerprint density at radius 3 is 3.00 bits per heavy atom. The van der Waals surface area contributed by atoms with Gasteiger partial charge in [-0.2, -0.15) is 4.98 Å². The van der Waals surface area contributed by atoms with Crippen molar-refractivity contribution < 1.29 is 0 Å². The van der Waals surface area contributed by atoms with Crippen molar-refractivity contribution in [1.82, 2.24) is 15.3 Å². The third-order valence-corrected chi connectivity index (χ3v) is 3.51. The summed E-state index contributed by atoms with van der Waals surface area (Å²) in [6, 6.07) is 2.55. The van der Waals surface area contributed by atoms with Gasteiger partial charge in [-0.25, -0.2) is 4.98 Å². The predicted molar refractivity (Wildman–Crippen MR) is 68.1 cm³/mol. The van der Waals surface area contributed by atoms with Crippen LogP contribution < -0.4 is 15.5 Å². The van der Waals surface area contributed by atoms with Crippen LogP contribution in [-0.4, -0.2) is 35.8 Å². The molecule has 92 valence electrons. The normalized spacial score (nSPS) is 21.1. The van der Waals surface area contributed by atoms with Gasteiger partial charge in [0.1, 0.15) is 5.82 Å². The molecule has 0 amide bonds. The zero-order valence-corrected chi connectivity index (χ0v) is 10.0. The van der Waals surface area contributed by atoms with Gasteiger partial charge in [0.2, 0.25) is 5.95 Å². The van der Waals surface area contributed by atoms with Gasteiger partial charge in [0, 0.05) is 25.3 Å². The molecule has 5 nitrogen and oxygen atoms in total. The summed E-state index contributed by atoms with van der Waals surface area (Å²) in [4.78, 5) is 11.1. The molecule has 0 spiro atoms. The fraction of sp³-hybridized carbons (Fsp3) is 0.667. The maximum Gasteiger partial charge on any atom is 0.224 e. The first-order valence-corrected chi connectivity index (χ1v) is 6.47. The van der Waals surface area contributed by atoms with E-state index < -0.39 is 0 Å². The number of aromatic nitrogens is 2. The first-order valence-electron chi connectivity index (χ1n) is 6.47. The van der Waals surface area contributed by atoms with Crippen LogP contribution in [0.25, 0.3) is 0 Å². The molecule has 1 aromatic heterocycles.